The zero-order valence-corrected chi connectivity index (χ0v) is 11.5. The van der Waals surface area contributed by atoms with Gasteiger partial charge in [-0.3, -0.25) is 0 Å². The van der Waals surface area contributed by atoms with Crippen LogP contribution in [0.3, 0.4) is 0 Å². The maximum Gasteiger partial charge on any atom is 0.118 e. The Morgan fingerprint density at radius 2 is 1.76 bits per heavy atom. The summed E-state index contributed by atoms with van der Waals surface area (Å²) in [6.45, 7) is 4.88. The van der Waals surface area contributed by atoms with Crippen molar-refractivity contribution >= 4 is 12.4 Å². The van der Waals surface area contributed by atoms with Crippen LogP contribution in [-0.4, -0.2) is 31.1 Å². The first-order chi connectivity index (χ1) is 7.79. The number of rotatable bonds is 4. The highest BCUT2D eigenvalue weighted by Gasteiger charge is 2.17. The van der Waals surface area contributed by atoms with E-state index in [1.807, 2.05) is 12.1 Å². The average molecular weight is 256 g/mol. The lowest BCUT2D eigenvalue weighted by molar-refractivity contribution is 0.257. The molecule has 1 heterocycles. The third-order valence-electron chi connectivity index (χ3n) is 3.45. The molecule has 0 amide bonds. The number of halogens is 1. The van der Waals surface area contributed by atoms with Gasteiger partial charge in [0.15, 0.2) is 0 Å². The van der Waals surface area contributed by atoms with Crippen LogP contribution >= 0.6 is 12.4 Å². The summed E-state index contributed by atoms with van der Waals surface area (Å²) in [5, 5.41) is 0. The molecule has 1 saturated heterocycles. The van der Waals surface area contributed by atoms with Crippen molar-refractivity contribution in [1.29, 1.82) is 0 Å². The van der Waals surface area contributed by atoms with Gasteiger partial charge in [-0.1, -0.05) is 12.1 Å². The minimum Gasteiger partial charge on any atom is -0.497 e. The van der Waals surface area contributed by atoms with Gasteiger partial charge in [0.1, 0.15) is 5.75 Å². The number of methoxy groups -OCH3 is 1. The van der Waals surface area contributed by atoms with E-state index in [4.69, 9.17) is 4.74 Å². The van der Waals surface area contributed by atoms with E-state index in [9.17, 15) is 0 Å². The fraction of sp³-hybridized carbons (Fsp3) is 0.571. The number of ether oxygens (including phenoxy) is 1. The van der Waals surface area contributed by atoms with Crippen LogP contribution in [0.4, 0.5) is 0 Å². The molecule has 0 spiro atoms. The summed E-state index contributed by atoms with van der Waals surface area (Å²) in [4.78, 5) is 2.59. The second-order valence-electron chi connectivity index (χ2n) is 4.64. The second-order valence-corrected chi connectivity index (χ2v) is 4.64. The minimum absolute atomic E-state index is 0. The molecule has 1 unspecified atom stereocenters. The molecule has 1 aromatic rings. The Kier molecular flexibility index (Phi) is 5.79. The van der Waals surface area contributed by atoms with Gasteiger partial charge in [0.05, 0.1) is 7.11 Å². The molecule has 1 aromatic carbocycles. The molecular weight excluding hydrogens is 234 g/mol. The molecule has 0 radical (unpaired) electrons. The second kappa shape index (κ2) is 6.87. The highest BCUT2D eigenvalue weighted by molar-refractivity contribution is 5.85. The summed E-state index contributed by atoms with van der Waals surface area (Å²) in [7, 11) is 1.71. The minimum atomic E-state index is 0. The number of hydrogen-bond acceptors (Lipinski definition) is 2. The smallest absolute Gasteiger partial charge is 0.118 e. The van der Waals surface area contributed by atoms with E-state index < -0.39 is 0 Å². The summed E-state index contributed by atoms with van der Waals surface area (Å²) in [6.07, 6.45) is 3.88. The fourth-order valence-electron chi connectivity index (χ4n) is 2.41. The molecular formula is C14H22ClNO. The molecule has 0 N–H and O–H groups in total. The van der Waals surface area contributed by atoms with Gasteiger partial charge in [-0.2, -0.15) is 0 Å². The number of likely N-dealkylation sites (tertiary alicyclic amines) is 1. The Morgan fingerprint density at radius 1 is 1.18 bits per heavy atom. The van der Waals surface area contributed by atoms with E-state index in [1.165, 1.54) is 31.5 Å². The molecule has 17 heavy (non-hydrogen) atoms. The van der Waals surface area contributed by atoms with Crippen LogP contribution in [0.25, 0.3) is 0 Å². The molecule has 0 bridgehead atoms. The van der Waals surface area contributed by atoms with Crippen molar-refractivity contribution in [3.05, 3.63) is 29.8 Å². The highest BCUT2D eigenvalue weighted by Crippen LogP contribution is 2.17. The number of hydrogen-bond donors (Lipinski definition) is 0. The Bertz CT molecular complexity index is 319. The van der Waals surface area contributed by atoms with Crippen LogP contribution in [0.1, 0.15) is 25.3 Å². The lowest BCUT2D eigenvalue weighted by atomic mass is 10.1. The van der Waals surface area contributed by atoms with Crippen LogP contribution in [0, 0.1) is 0 Å². The van der Waals surface area contributed by atoms with Crippen LogP contribution < -0.4 is 4.74 Å². The molecule has 96 valence electrons. The van der Waals surface area contributed by atoms with Gasteiger partial charge in [-0.25, -0.2) is 0 Å². The first kappa shape index (κ1) is 14.3. The topological polar surface area (TPSA) is 12.5 Å². The summed E-state index contributed by atoms with van der Waals surface area (Å²) in [5.41, 5.74) is 1.40. The maximum absolute atomic E-state index is 5.16. The molecule has 0 aliphatic carbocycles. The monoisotopic (exact) mass is 255 g/mol. The SMILES string of the molecule is COc1ccc(CC(C)N2CCCC2)cc1.Cl. The zero-order chi connectivity index (χ0) is 11.4. The predicted octanol–water partition coefficient (Wildman–Crippen LogP) is 3.14. The van der Waals surface area contributed by atoms with Crippen LogP contribution in [0.15, 0.2) is 24.3 Å². The molecule has 0 saturated carbocycles. The van der Waals surface area contributed by atoms with Crippen molar-refractivity contribution in [3.8, 4) is 5.75 Å². The lowest BCUT2D eigenvalue weighted by Crippen LogP contribution is -2.31. The summed E-state index contributed by atoms with van der Waals surface area (Å²) >= 11 is 0. The fourth-order valence-corrected chi connectivity index (χ4v) is 2.41. The number of nitrogens with zero attached hydrogens (tertiary/aromatic N) is 1. The Labute approximate surface area is 110 Å². The Morgan fingerprint density at radius 3 is 2.29 bits per heavy atom. The third kappa shape index (κ3) is 3.90. The van der Waals surface area contributed by atoms with Crippen molar-refractivity contribution < 1.29 is 4.74 Å². The van der Waals surface area contributed by atoms with Crippen LogP contribution in [0.5, 0.6) is 5.75 Å². The Hall–Kier alpha value is -0.730. The van der Waals surface area contributed by atoms with Gasteiger partial charge in [0, 0.05) is 6.04 Å². The van der Waals surface area contributed by atoms with E-state index in [0.717, 1.165) is 12.2 Å². The molecule has 2 nitrogen and oxygen atoms in total. The van der Waals surface area contributed by atoms with Crippen molar-refractivity contribution in [2.24, 2.45) is 0 Å². The molecule has 1 aliphatic rings. The first-order valence-electron chi connectivity index (χ1n) is 6.16. The maximum atomic E-state index is 5.16. The molecule has 3 heteroatoms. The molecule has 1 fully saturated rings. The molecule has 2 rings (SSSR count). The van der Waals surface area contributed by atoms with Gasteiger partial charge in [-0.15, -0.1) is 12.4 Å². The quantitative estimate of drug-likeness (QED) is 0.820. The van der Waals surface area contributed by atoms with Gasteiger partial charge in [0.25, 0.3) is 0 Å². The zero-order valence-electron chi connectivity index (χ0n) is 10.7. The van der Waals surface area contributed by atoms with Crippen LogP contribution in [0.2, 0.25) is 0 Å². The standard InChI is InChI=1S/C14H21NO.ClH/c1-12(15-9-3-4-10-15)11-13-5-7-14(16-2)8-6-13;/h5-8,12H,3-4,9-11H2,1-2H3;1H. The number of benzene rings is 1. The average Bonchev–Trinajstić information content (AvgIpc) is 2.83. The lowest BCUT2D eigenvalue weighted by Gasteiger charge is -2.23. The van der Waals surface area contributed by atoms with E-state index in [-0.39, 0.29) is 12.4 Å². The summed E-state index contributed by atoms with van der Waals surface area (Å²) < 4.78 is 5.16. The van der Waals surface area contributed by atoms with Gasteiger partial charge >= 0.3 is 0 Å². The van der Waals surface area contributed by atoms with E-state index >= 15 is 0 Å². The van der Waals surface area contributed by atoms with E-state index in [1.54, 1.807) is 7.11 Å². The third-order valence-corrected chi connectivity index (χ3v) is 3.45. The first-order valence-corrected chi connectivity index (χ1v) is 6.16. The van der Waals surface area contributed by atoms with Gasteiger partial charge in [0.2, 0.25) is 0 Å². The van der Waals surface area contributed by atoms with Crippen LogP contribution in [-0.2, 0) is 6.42 Å². The van der Waals surface area contributed by atoms with E-state index in [2.05, 4.69) is 24.0 Å². The largest absolute Gasteiger partial charge is 0.497 e. The summed E-state index contributed by atoms with van der Waals surface area (Å²) in [6, 6.07) is 9.10. The molecule has 1 atom stereocenters. The van der Waals surface area contributed by atoms with Gasteiger partial charge in [-0.05, 0) is 57.0 Å². The predicted molar refractivity (Wildman–Crippen MR) is 74.2 cm³/mol. The van der Waals surface area contributed by atoms with E-state index in [0.29, 0.717) is 6.04 Å². The summed E-state index contributed by atoms with van der Waals surface area (Å²) in [5.74, 6) is 0.942. The van der Waals surface area contributed by atoms with Crippen molar-refractivity contribution in [3.63, 3.8) is 0 Å². The highest BCUT2D eigenvalue weighted by atomic mass is 35.5. The van der Waals surface area contributed by atoms with Crippen molar-refractivity contribution in [2.45, 2.75) is 32.2 Å². The van der Waals surface area contributed by atoms with Crippen molar-refractivity contribution in [1.82, 2.24) is 4.90 Å². The van der Waals surface area contributed by atoms with Gasteiger partial charge < -0.3 is 9.64 Å². The van der Waals surface area contributed by atoms with Crippen molar-refractivity contribution in [2.75, 3.05) is 20.2 Å². The molecule has 1 aliphatic heterocycles. The normalized spacial score (nSPS) is 17.5. The molecule has 0 aromatic heterocycles. The Balaban J connectivity index is 0.00000144.